The smallest absolute Gasteiger partial charge is 0.291 e. The molecule has 0 saturated heterocycles. The van der Waals surface area contributed by atoms with Gasteiger partial charge in [-0.05, 0) is 6.92 Å². The topological polar surface area (TPSA) is 85.1 Å². The summed E-state index contributed by atoms with van der Waals surface area (Å²) >= 11 is 6.77. The molecule has 1 N–H and O–H groups in total. The largest absolute Gasteiger partial charge is 0.336 e. The lowest BCUT2D eigenvalue weighted by atomic mass is 10.5. The monoisotopic (exact) mass is 279 g/mol. The van der Waals surface area contributed by atoms with Crippen molar-refractivity contribution in [3.63, 3.8) is 0 Å². The Labute approximate surface area is 100 Å². The molecule has 9 heteroatoms. The Hall–Kier alpha value is -1.12. The van der Waals surface area contributed by atoms with Gasteiger partial charge in [0.25, 0.3) is 15.9 Å². The Kier molecular flexibility index (Phi) is 2.87. The highest BCUT2D eigenvalue weighted by Crippen LogP contribution is 2.27. The number of rotatable bonds is 3. The van der Waals surface area contributed by atoms with Gasteiger partial charge in [0.05, 0.1) is 0 Å². The second-order valence-electron chi connectivity index (χ2n) is 2.81. The van der Waals surface area contributed by atoms with Crippen molar-refractivity contribution in [1.29, 1.82) is 0 Å². The Morgan fingerprint density at radius 2 is 2.31 bits per heavy atom. The van der Waals surface area contributed by atoms with Crippen LogP contribution >= 0.6 is 22.9 Å². The molecule has 0 bridgehead atoms. The molecule has 0 aromatic carbocycles. The predicted molar refractivity (Wildman–Crippen MR) is 59.2 cm³/mol. The van der Waals surface area contributed by atoms with Crippen molar-refractivity contribution < 1.29 is 12.9 Å². The van der Waals surface area contributed by atoms with E-state index in [4.69, 9.17) is 16.1 Å². The van der Waals surface area contributed by atoms with Crippen LogP contribution in [0.15, 0.2) is 20.4 Å². The highest BCUT2D eigenvalue weighted by atomic mass is 35.5. The molecule has 0 amide bonds. The summed E-state index contributed by atoms with van der Waals surface area (Å²) in [6.45, 7) is 1.60. The Bertz CT molecular complexity index is 590. The summed E-state index contributed by atoms with van der Waals surface area (Å²) in [4.78, 5) is 3.68. The van der Waals surface area contributed by atoms with Crippen LogP contribution < -0.4 is 4.72 Å². The van der Waals surface area contributed by atoms with Gasteiger partial charge in [-0.3, -0.25) is 0 Å². The van der Waals surface area contributed by atoms with Gasteiger partial charge in [0.1, 0.15) is 10.7 Å². The second kappa shape index (κ2) is 4.04. The number of nitrogens with zero attached hydrogens (tertiary/aromatic N) is 2. The standard InChI is InChI=1S/C7H6ClN3O3S2/c1-4-5(8)6(14-10-4)11-16(12,13)7-9-2-3-15-7/h2-3,11H,1H3. The molecule has 0 aliphatic carbocycles. The minimum atomic E-state index is -3.74. The third kappa shape index (κ3) is 2.04. The van der Waals surface area contributed by atoms with Gasteiger partial charge < -0.3 is 4.52 Å². The molecular formula is C7H6ClN3O3S2. The van der Waals surface area contributed by atoms with E-state index in [0.717, 1.165) is 11.3 Å². The molecule has 0 spiro atoms. The molecule has 2 rings (SSSR count). The normalized spacial score (nSPS) is 11.6. The lowest BCUT2D eigenvalue weighted by molar-refractivity contribution is 0.430. The van der Waals surface area contributed by atoms with Gasteiger partial charge in [0, 0.05) is 11.6 Å². The van der Waals surface area contributed by atoms with E-state index in [-0.39, 0.29) is 15.2 Å². The molecule has 0 unspecified atom stereocenters. The number of thiazole rings is 1. The number of nitrogens with one attached hydrogen (secondary N) is 1. The Morgan fingerprint density at radius 3 is 2.81 bits per heavy atom. The fourth-order valence-corrected chi connectivity index (χ4v) is 2.93. The molecule has 6 nitrogen and oxygen atoms in total. The van der Waals surface area contributed by atoms with Crippen molar-refractivity contribution >= 4 is 38.8 Å². The minimum Gasteiger partial charge on any atom is -0.336 e. The zero-order valence-corrected chi connectivity index (χ0v) is 10.4. The van der Waals surface area contributed by atoms with Crippen LogP contribution in [0.25, 0.3) is 0 Å². The molecule has 2 aromatic heterocycles. The number of hydrogen-bond acceptors (Lipinski definition) is 6. The highest BCUT2D eigenvalue weighted by Gasteiger charge is 2.21. The lowest BCUT2D eigenvalue weighted by Crippen LogP contribution is -2.12. The van der Waals surface area contributed by atoms with E-state index in [2.05, 4.69) is 14.9 Å². The summed E-state index contributed by atoms with van der Waals surface area (Å²) in [6, 6.07) is 0. The van der Waals surface area contributed by atoms with Gasteiger partial charge in [-0.2, -0.15) is 8.42 Å². The number of aryl methyl sites for hydroxylation is 1. The van der Waals surface area contributed by atoms with E-state index in [1.165, 1.54) is 6.20 Å². The Balaban J connectivity index is 2.32. The van der Waals surface area contributed by atoms with Crippen molar-refractivity contribution in [2.45, 2.75) is 11.3 Å². The summed E-state index contributed by atoms with van der Waals surface area (Å²) in [5.41, 5.74) is 0.415. The lowest BCUT2D eigenvalue weighted by Gasteiger charge is -2.00. The summed E-state index contributed by atoms with van der Waals surface area (Å²) in [7, 11) is -3.74. The van der Waals surface area contributed by atoms with Crippen LogP contribution in [0.2, 0.25) is 5.02 Å². The number of anilines is 1. The van der Waals surface area contributed by atoms with Crippen LogP contribution in [0.5, 0.6) is 0 Å². The number of hydrogen-bond donors (Lipinski definition) is 1. The number of sulfonamides is 1. The fraction of sp³-hybridized carbons (Fsp3) is 0.143. The van der Waals surface area contributed by atoms with E-state index in [0.29, 0.717) is 5.69 Å². The molecule has 0 saturated carbocycles. The summed E-state index contributed by atoms with van der Waals surface area (Å²) < 4.78 is 30.3. The molecule has 16 heavy (non-hydrogen) atoms. The first-order valence-electron chi connectivity index (χ1n) is 4.05. The maximum absolute atomic E-state index is 11.7. The zero-order valence-electron chi connectivity index (χ0n) is 7.97. The average Bonchev–Trinajstić information content (AvgIpc) is 2.83. The molecule has 86 valence electrons. The van der Waals surface area contributed by atoms with E-state index in [1.807, 2.05) is 0 Å². The van der Waals surface area contributed by atoms with Gasteiger partial charge >= 0.3 is 0 Å². The van der Waals surface area contributed by atoms with Gasteiger partial charge in [-0.25, -0.2) is 9.71 Å². The molecule has 2 aromatic rings. The van der Waals surface area contributed by atoms with Gasteiger partial charge in [-0.15, -0.1) is 11.3 Å². The minimum absolute atomic E-state index is 0.0578. The van der Waals surface area contributed by atoms with E-state index < -0.39 is 10.0 Å². The average molecular weight is 280 g/mol. The quantitative estimate of drug-likeness (QED) is 0.927. The SMILES string of the molecule is Cc1noc(NS(=O)(=O)c2nccs2)c1Cl. The highest BCUT2D eigenvalue weighted by molar-refractivity contribution is 7.94. The van der Waals surface area contributed by atoms with Crippen molar-refractivity contribution in [2.24, 2.45) is 0 Å². The molecule has 0 atom stereocenters. The van der Waals surface area contributed by atoms with E-state index >= 15 is 0 Å². The van der Waals surface area contributed by atoms with Crippen molar-refractivity contribution in [3.8, 4) is 0 Å². The van der Waals surface area contributed by atoms with Gasteiger partial charge in [-0.1, -0.05) is 16.8 Å². The molecule has 0 aliphatic rings. The fourth-order valence-electron chi connectivity index (χ4n) is 0.931. The third-order valence-electron chi connectivity index (χ3n) is 1.66. The first-order valence-corrected chi connectivity index (χ1v) is 6.79. The molecule has 0 aliphatic heterocycles. The molecular weight excluding hydrogens is 274 g/mol. The summed E-state index contributed by atoms with van der Waals surface area (Å²) in [5.74, 6) is -0.102. The van der Waals surface area contributed by atoms with Crippen LogP contribution in [-0.4, -0.2) is 18.6 Å². The van der Waals surface area contributed by atoms with Gasteiger partial charge in [0.15, 0.2) is 0 Å². The zero-order chi connectivity index (χ0) is 11.8. The van der Waals surface area contributed by atoms with E-state index in [9.17, 15) is 8.42 Å². The number of aromatic nitrogens is 2. The van der Waals surface area contributed by atoms with Crippen LogP contribution in [0.4, 0.5) is 5.88 Å². The molecule has 2 heterocycles. The second-order valence-corrected chi connectivity index (χ2v) is 5.94. The Morgan fingerprint density at radius 1 is 1.56 bits per heavy atom. The van der Waals surface area contributed by atoms with Crippen molar-refractivity contribution in [3.05, 3.63) is 22.3 Å². The van der Waals surface area contributed by atoms with Crippen molar-refractivity contribution in [2.75, 3.05) is 4.72 Å². The van der Waals surface area contributed by atoms with Gasteiger partial charge in [0.2, 0.25) is 4.34 Å². The number of halogens is 1. The first-order chi connectivity index (χ1) is 7.50. The van der Waals surface area contributed by atoms with Crippen molar-refractivity contribution in [1.82, 2.24) is 10.1 Å². The van der Waals surface area contributed by atoms with Crippen LogP contribution in [-0.2, 0) is 10.0 Å². The summed E-state index contributed by atoms with van der Waals surface area (Å²) in [6.07, 6.45) is 1.40. The van der Waals surface area contributed by atoms with Crippen LogP contribution in [0.1, 0.15) is 5.69 Å². The third-order valence-corrected chi connectivity index (χ3v) is 4.63. The summed E-state index contributed by atoms with van der Waals surface area (Å²) in [5, 5.41) is 5.23. The first kappa shape index (κ1) is 11.4. The molecule has 0 fully saturated rings. The molecule has 0 radical (unpaired) electrons. The van der Waals surface area contributed by atoms with Crippen LogP contribution in [0, 0.1) is 6.92 Å². The predicted octanol–water partition coefficient (Wildman–Crippen LogP) is 1.89. The van der Waals surface area contributed by atoms with E-state index in [1.54, 1.807) is 12.3 Å². The maximum atomic E-state index is 11.7. The maximum Gasteiger partial charge on any atom is 0.291 e. The van der Waals surface area contributed by atoms with Crippen LogP contribution in [0.3, 0.4) is 0 Å².